The number of aryl methyl sites for hydroxylation is 1. The normalized spacial score (nSPS) is 20.9. The molecule has 0 radical (unpaired) electrons. The number of aliphatic hydroxyl groups excluding tert-OH is 1. The fourth-order valence-electron chi connectivity index (χ4n) is 3.06. The quantitative estimate of drug-likeness (QED) is 0.784. The SMILES string of the molecule is Cn1ccnc1SCc1ccc(C(=O)NC2CCCCC2CO)o1. The molecular weight excluding hydrogens is 326 g/mol. The van der Waals surface area contributed by atoms with Gasteiger partial charge < -0.3 is 19.4 Å². The maximum atomic E-state index is 12.4. The van der Waals surface area contributed by atoms with E-state index in [9.17, 15) is 9.90 Å². The van der Waals surface area contributed by atoms with Crippen molar-refractivity contribution >= 4 is 17.7 Å². The zero-order valence-electron chi connectivity index (χ0n) is 13.8. The minimum Gasteiger partial charge on any atom is -0.455 e. The van der Waals surface area contributed by atoms with E-state index in [1.165, 1.54) is 0 Å². The van der Waals surface area contributed by atoms with Crippen LogP contribution in [0.25, 0.3) is 0 Å². The number of hydrogen-bond acceptors (Lipinski definition) is 5. The van der Waals surface area contributed by atoms with Gasteiger partial charge in [0.2, 0.25) is 0 Å². The lowest BCUT2D eigenvalue weighted by molar-refractivity contribution is 0.0844. The van der Waals surface area contributed by atoms with E-state index < -0.39 is 0 Å². The molecule has 0 bridgehead atoms. The monoisotopic (exact) mass is 349 g/mol. The molecule has 6 nitrogen and oxygen atoms in total. The van der Waals surface area contributed by atoms with E-state index in [0.717, 1.165) is 36.6 Å². The highest BCUT2D eigenvalue weighted by Crippen LogP contribution is 2.25. The van der Waals surface area contributed by atoms with Crippen LogP contribution in [-0.4, -0.2) is 33.2 Å². The molecule has 2 aromatic heterocycles. The number of rotatable bonds is 6. The molecule has 3 rings (SSSR count). The molecule has 0 aromatic carbocycles. The molecule has 0 saturated heterocycles. The van der Waals surface area contributed by atoms with Crippen LogP contribution in [0.2, 0.25) is 0 Å². The van der Waals surface area contributed by atoms with Crippen molar-refractivity contribution in [2.45, 2.75) is 42.6 Å². The first kappa shape index (κ1) is 17.1. The summed E-state index contributed by atoms with van der Waals surface area (Å²) in [7, 11) is 1.94. The summed E-state index contributed by atoms with van der Waals surface area (Å²) in [6.07, 6.45) is 7.74. The third-order valence-electron chi connectivity index (χ3n) is 4.47. The summed E-state index contributed by atoms with van der Waals surface area (Å²) in [4.78, 5) is 16.6. The van der Waals surface area contributed by atoms with Gasteiger partial charge in [-0.25, -0.2) is 4.98 Å². The van der Waals surface area contributed by atoms with Crippen molar-refractivity contribution < 1.29 is 14.3 Å². The van der Waals surface area contributed by atoms with Crippen molar-refractivity contribution in [3.8, 4) is 0 Å². The summed E-state index contributed by atoms with van der Waals surface area (Å²) >= 11 is 1.56. The minimum atomic E-state index is -0.200. The van der Waals surface area contributed by atoms with Crippen molar-refractivity contribution in [2.24, 2.45) is 13.0 Å². The summed E-state index contributed by atoms with van der Waals surface area (Å²) in [5, 5.41) is 13.4. The lowest BCUT2D eigenvalue weighted by atomic mass is 9.85. The molecule has 0 spiro atoms. The van der Waals surface area contributed by atoms with Crippen molar-refractivity contribution in [1.82, 2.24) is 14.9 Å². The maximum Gasteiger partial charge on any atom is 0.287 e. The first-order valence-corrected chi connectivity index (χ1v) is 9.26. The Morgan fingerprint density at radius 3 is 3.04 bits per heavy atom. The number of hydrogen-bond donors (Lipinski definition) is 2. The molecule has 2 unspecified atom stereocenters. The van der Waals surface area contributed by atoms with Crippen molar-refractivity contribution in [3.05, 3.63) is 36.0 Å². The molecular formula is C17H23N3O3S. The Balaban J connectivity index is 1.56. The number of aliphatic hydroxyl groups is 1. The summed E-state index contributed by atoms with van der Waals surface area (Å²) in [5.41, 5.74) is 0. The van der Waals surface area contributed by atoms with Crippen LogP contribution in [0.1, 0.15) is 42.0 Å². The standard InChI is InChI=1S/C17H23N3O3S/c1-20-9-8-18-17(20)24-11-13-6-7-15(23-13)16(22)19-14-5-3-2-4-12(14)10-21/h6-9,12,14,21H,2-5,10-11H2,1H3,(H,19,22). The van der Waals surface area contributed by atoms with E-state index >= 15 is 0 Å². The van der Waals surface area contributed by atoms with Gasteiger partial charge in [-0.05, 0) is 25.0 Å². The predicted molar refractivity (Wildman–Crippen MR) is 91.8 cm³/mol. The van der Waals surface area contributed by atoms with Crippen LogP contribution in [0.3, 0.4) is 0 Å². The maximum absolute atomic E-state index is 12.4. The topological polar surface area (TPSA) is 80.3 Å². The lowest BCUT2D eigenvalue weighted by Gasteiger charge is -2.30. The van der Waals surface area contributed by atoms with Gasteiger partial charge in [-0.1, -0.05) is 24.6 Å². The van der Waals surface area contributed by atoms with Gasteiger partial charge in [0, 0.05) is 38.0 Å². The van der Waals surface area contributed by atoms with Gasteiger partial charge in [-0.3, -0.25) is 4.79 Å². The number of furan rings is 1. The molecule has 24 heavy (non-hydrogen) atoms. The first-order valence-electron chi connectivity index (χ1n) is 8.28. The second-order valence-corrected chi connectivity index (χ2v) is 7.12. The van der Waals surface area contributed by atoms with Crippen LogP contribution in [0.4, 0.5) is 0 Å². The number of carbonyl (C=O) groups is 1. The van der Waals surface area contributed by atoms with Gasteiger partial charge in [0.15, 0.2) is 10.9 Å². The van der Waals surface area contributed by atoms with Gasteiger partial charge >= 0.3 is 0 Å². The van der Waals surface area contributed by atoms with Gasteiger partial charge in [-0.15, -0.1) is 0 Å². The van der Waals surface area contributed by atoms with Gasteiger partial charge in [0.25, 0.3) is 5.91 Å². The number of thioether (sulfide) groups is 1. The minimum absolute atomic E-state index is 0.0340. The Hall–Kier alpha value is -1.73. The van der Waals surface area contributed by atoms with Gasteiger partial charge in [-0.2, -0.15) is 0 Å². The summed E-state index contributed by atoms with van der Waals surface area (Å²) < 4.78 is 7.61. The third kappa shape index (κ3) is 4.02. The Kier molecular flexibility index (Phi) is 5.63. The number of nitrogens with one attached hydrogen (secondary N) is 1. The van der Waals surface area contributed by atoms with Crippen LogP contribution in [0.15, 0.2) is 34.1 Å². The molecule has 1 fully saturated rings. The predicted octanol–water partition coefficient (Wildman–Crippen LogP) is 2.59. The van der Waals surface area contributed by atoms with E-state index in [1.807, 2.05) is 23.9 Å². The molecule has 1 aliphatic rings. The number of nitrogens with zero attached hydrogens (tertiary/aromatic N) is 2. The fourth-order valence-corrected chi connectivity index (χ4v) is 3.89. The van der Waals surface area contributed by atoms with Gasteiger partial charge in [0.1, 0.15) is 5.76 Å². The van der Waals surface area contributed by atoms with E-state index in [-0.39, 0.29) is 24.5 Å². The average molecular weight is 349 g/mol. The number of aromatic nitrogens is 2. The summed E-state index contributed by atoms with van der Waals surface area (Å²) in [6.45, 7) is 0.120. The Morgan fingerprint density at radius 2 is 2.29 bits per heavy atom. The van der Waals surface area contributed by atoms with E-state index in [0.29, 0.717) is 11.5 Å². The zero-order valence-corrected chi connectivity index (χ0v) is 14.6. The van der Waals surface area contributed by atoms with E-state index in [4.69, 9.17) is 4.42 Å². The Bertz CT molecular complexity index is 682. The number of amides is 1. The van der Waals surface area contributed by atoms with Crippen molar-refractivity contribution in [1.29, 1.82) is 0 Å². The number of imidazole rings is 1. The molecule has 130 valence electrons. The highest BCUT2D eigenvalue weighted by atomic mass is 32.2. The smallest absolute Gasteiger partial charge is 0.287 e. The van der Waals surface area contributed by atoms with Crippen LogP contribution in [0.5, 0.6) is 0 Å². The lowest BCUT2D eigenvalue weighted by Crippen LogP contribution is -2.43. The molecule has 0 aliphatic heterocycles. The second kappa shape index (κ2) is 7.90. The Labute approximate surface area is 145 Å². The fraction of sp³-hybridized carbons (Fsp3) is 0.529. The highest BCUT2D eigenvalue weighted by Gasteiger charge is 2.27. The number of carbonyl (C=O) groups excluding carboxylic acids is 1. The van der Waals surface area contributed by atoms with Crippen LogP contribution >= 0.6 is 11.8 Å². The summed E-state index contributed by atoms with van der Waals surface area (Å²) in [5.74, 6) is 1.65. The average Bonchev–Trinajstić information content (AvgIpc) is 3.22. The Morgan fingerprint density at radius 1 is 1.46 bits per heavy atom. The molecule has 7 heteroatoms. The van der Waals surface area contributed by atoms with Crippen LogP contribution in [-0.2, 0) is 12.8 Å². The molecule has 2 aromatic rings. The largest absolute Gasteiger partial charge is 0.455 e. The molecule has 2 N–H and O–H groups in total. The van der Waals surface area contributed by atoms with Crippen LogP contribution < -0.4 is 5.32 Å². The van der Waals surface area contributed by atoms with E-state index in [2.05, 4.69) is 10.3 Å². The molecule has 1 saturated carbocycles. The summed E-state index contributed by atoms with van der Waals surface area (Å²) in [6, 6.07) is 3.57. The second-order valence-electron chi connectivity index (χ2n) is 6.18. The van der Waals surface area contributed by atoms with E-state index in [1.54, 1.807) is 24.0 Å². The zero-order chi connectivity index (χ0) is 16.9. The molecule has 1 amide bonds. The van der Waals surface area contributed by atoms with Crippen molar-refractivity contribution in [2.75, 3.05) is 6.61 Å². The van der Waals surface area contributed by atoms with Crippen LogP contribution in [0, 0.1) is 5.92 Å². The third-order valence-corrected chi connectivity index (χ3v) is 5.55. The molecule has 2 heterocycles. The molecule has 2 atom stereocenters. The van der Waals surface area contributed by atoms with Gasteiger partial charge in [0.05, 0.1) is 5.75 Å². The molecule has 1 aliphatic carbocycles. The first-order chi connectivity index (χ1) is 11.7. The van der Waals surface area contributed by atoms with Crippen molar-refractivity contribution in [3.63, 3.8) is 0 Å². The highest BCUT2D eigenvalue weighted by molar-refractivity contribution is 7.98.